The van der Waals surface area contributed by atoms with Crippen LogP contribution < -0.4 is 11.1 Å². The summed E-state index contributed by atoms with van der Waals surface area (Å²) in [4.78, 5) is 12.1. The fourth-order valence-corrected chi connectivity index (χ4v) is 2.92. The van der Waals surface area contributed by atoms with Crippen molar-refractivity contribution >= 4 is 44.6 Å². The van der Waals surface area contributed by atoms with Crippen LogP contribution in [0.3, 0.4) is 0 Å². The number of halogens is 1. The van der Waals surface area contributed by atoms with Crippen LogP contribution in [0.15, 0.2) is 34.1 Å². The van der Waals surface area contributed by atoms with E-state index in [9.17, 15) is 4.79 Å². The second-order valence-corrected chi connectivity index (χ2v) is 5.51. The molecule has 2 rings (SSSR count). The number of aromatic carboxylic acids is 1. The van der Waals surface area contributed by atoms with Gasteiger partial charge in [-0.25, -0.2) is 4.79 Å². The maximum atomic E-state index is 10.9. The predicted molar refractivity (Wildman–Crippen MR) is 77.2 cm³/mol. The highest BCUT2D eigenvalue weighted by Crippen LogP contribution is 2.24. The molecule has 0 saturated heterocycles. The van der Waals surface area contributed by atoms with Crippen molar-refractivity contribution in [2.45, 2.75) is 6.54 Å². The molecule has 0 aliphatic carbocycles. The van der Waals surface area contributed by atoms with E-state index in [1.165, 1.54) is 0 Å². The lowest BCUT2D eigenvalue weighted by Gasteiger charge is -2.08. The number of anilines is 2. The van der Waals surface area contributed by atoms with Gasteiger partial charge < -0.3 is 16.2 Å². The van der Waals surface area contributed by atoms with E-state index in [0.29, 0.717) is 6.54 Å². The Bertz CT molecular complexity index is 583. The Labute approximate surface area is 117 Å². The zero-order valence-electron chi connectivity index (χ0n) is 9.31. The summed E-state index contributed by atoms with van der Waals surface area (Å²) in [6.07, 6.45) is 0. The zero-order chi connectivity index (χ0) is 13.1. The molecule has 0 aliphatic rings. The molecule has 0 aliphatic heterocycles. The van der Waals surface area contributed by atoms with Crippen LogP contribution in [0.2, 0.25) is 0 Å². The summed E-state index contributed by atoms with van der Waals surface area (Å²) in [5.41, 5.74) is 6.71. The van der Waals surface area contributed by atoms with Gasteiger partial charge in [-0.3, -0.25) is 0 Å². The Kier molecular flexibility index (Phi) is 3.88. The first-order valence-corrected chi connectivity index (χ1v) is 6.84. The summed E-state index contributed by atoms with van der Waals surface area (Å²) in [7, 11) is 0. The number of benzene rings is 1. The molecule has 0 fully saturated rings. The van der Waals surface area contributed by atoms with E-state index in [-0.39, 0.29) is 11.3 Å². The summed E-state index contributed by atoms with van der Waals surface area (Å²) in [6.45, 7) is 0.640. The largest absolute Gasteiger partial charge is 0.478 e. The number of hydrogen-bond donors (Lipinski definition) is 3. The fraction of sp³-hybridized carbons (Fsp3) is 0.0833. The Hall–Kier alpha value is -1.53. The first-order valence-electron chi connectivity index (χ1n) is 5.16. The molecule has 0 spiro atoms. The first-order chi connectivity index (χ1) is 8.58. The SMILES string of the molecule is Nc1ccc(NCc2sccc2Br)cc1C(=O)O. The van der Waals surface area contributed by atoms with Gasteiger partial charge in [0.05, 0.1) is 12.1 Å². The molecule has 4 N–H and O–H groups in total. The lowest BCUT2D eigenvalue weighted by molar-refractivity contribution is 0.0698. The number of nitrogens with one attached hydrogen (secondary N) is 1. The molecular formula is C12H11BrN2O2S. The van der Waals surface area contributed by atoms with Crippen molar-refractivity contribution in [3.63, 3.8) is 0 Å². The number of carboxylic acid groups (broad SMARTS) is 1. The molecule has 1 aromatic carbocycles. The molecule has 0 atom stereocenters. The van der Waals surface area contributed by atoms with E-state index >= 15 is 0 Å². The van der Waals surface area contributed by atoms with Gasteiger partial charge in [0.25, 0.3) is 0 Å². The molecule has 18 heavy (non-hydrogen) atoms. The van der Waals surface area contributed by atoms with Gasteiger partial charge in [0.2, 0.25) is 0 Å². The van der Waals surface area contributed by atoms with Gasteiger partial charge in [0.1, 0.15) is 0 Å². The highest BCUT2D eigenvalue weighted by atomic mass is 79.9. The van der Waals surface area contributed by atoms with E-state index < -0.39 is 5.97 Å². The molecule has 2 aromatic rings. The number of thiophene rings is 1. The molecule has 94 valence electrons. The van der Waals surface area contributed by atoms with Gasteiger partial charge in [-0.2, -0.15) is 0 Å². The highest BCUT2D eigenvalue weighted by Gasteiger charge is 2.09. The Morgan fingerprint density at radius 1 is 1.44 bits per heavy atom. The lowest BCUT2D eigenvalue weighted by Crippen LogP contribution is -2.04. The Morgan fingerprint density at radius 2 is 2.22 bits per heavy atom. The van der Waals surface area contributed by atoms with Gasteiger partial charge in [-0.1, -0.05) is 0 Å². The van der Waals surface area contributed by atoms with E-state index in [4.69, 9.17) is 10.8 Å². The second-order valence-electron chi connectivity index (χ2n) is 3.65. The van der Waals surface area contributed by atoms with Gasteiger partial charge >= 0.3 is 5.97 Å². The molecule has 1 aromatic heterocycles. The van der Waals surface area contributed by atoms with Crippen LogP contribution in [-0.4, -0.2) is 11.1 Å². The maximum Gasteiger partial charge on any atom is 0.337 e. The van der Waals surface area contributed by atoms with Gasteiger partial charge in [0.15, 0.2) is 0 Å². The Morgan fingerprint density at radius 3 is 2.83 bits per heavy atom. The van der Waals surface area contributed by atoms with Gasteiger partial charge in [0, 0.05) is 20.7 Å². The molecule has 0 radical (unpaired) electrons. The number of rotatable bonds is 4. The number of nitrogens with two attached hydrogens (primary N) is 1. The monoisotopic (exact) mass is 326 g/mol. The maximum absolute atomic E-state index is 10.9. The Balaban J connectivity index is 2.13. The van der Waals surface area contributed by atoms with Crippen molar-refractivity contribution in [1.82, 2.24) is 0 Å². The van der Waals surface area contributed by atoms with Crippen molar-refractivity contribution in [3.05, 3.63) is 44.6 Å². The summed E-state index contributed by atoms with van der Waals surface area (Å²) in [6, 6.07) is 6.88. The van der Waals surface area contributed by atoms with Crippen molar-refractivity contribution < 1.29 is 9.90 Å². The zero-order valence-corrected chi connectivity index (χ0v) is 11.7. The van der Waals surface area contributed by atoms with Crippen molar-refractivity contribution in [3.8, 4) is 0 Å². The minimum Gasteiger partial charge on any atom is -0.478 e. The van der Waals surface area contributed by atoms with Crippen LogP contribution in [0.25, 0.3) is 0 Å². The number of nitrogen functional groups attached to an aromatic ring is 1. The molecule has 4 nitrogen and oxygen atoms in total. The first kappa shape index (κ1) is 12.9. The number of hydrogen-bond acceptors (Lipinski definition) is 4. The topological polar surface area (TPSA) is 75.3 Å². The molecule has 0 saturated carbocycles. The molecule has 1 heterocycles. The molecule has 0 bridgehead atoms. The standard InChI is InChI=1S/C12H11BrN2O2S/c13-9-3-4-18-11(9)6-15-7-1-2-10(14)8(5-7)12(16)17/h1-5,15H,6,14H2,(H,16,17). The summed E-state index contributed by atoms with van der Waals surface area (Å²) >= 11 is 5.08. The summed E-state index contributed by atoms with van der Waals surface area (Å²) in [5.74, 6) is -1.02. The highest BCUT2D eigenvalue weighted by molar-refractivity contribution is 9.10. The van der Waals surface area contributed by atoms with Gasteiger partial charge in [-0.05, 0) is 45.6 Å². The van der Waals surface area contributed by atoms with E-state index in [0.717, 1.165) is 15.0 Å². The average molecular weight is 327 g/mol. The lowest BCUT2D eigenvalue weighted by atomic mass is 10.1. The fourth-order valence-electron chi connectivity index (χ4n) is 1.49. The van der Waals surface area contributed by atoms with Crippen LogP contribution in [-0.2, 0) is 6.54 Å². The minimum atomic E-state index is -1.02. The molecule has 6 heteroatoms. The van der Waals surface area contributed by atoms with E-state index in [1.807, 2.05) is 11.4 Å². The van der Waals surface area contributed by atoms with Crippen LogP contribution in [0, 0.1) is 0 Å². The van der Waals surface area contributed by atoms with Gasteiger partial charge in [-0.15, -0.1) is 11.3 Å². The van der Waals surface area contributed by atoms with E-state index in [2.05, 4.69) is 21.2 Å². The minimum absolute atomic E-state index is 0.116. The smallest absolute Gasteiger partial charge is 0.337 e. The number of carboxylic acids is 1. The normalized spacial score (nSPS) is 10.3. The summed E-state index contributed by atoms with van der Waals surface area (Å²) < 4.78 is 1.05. The summed E-state index contributed by atoms with van der Waals surface area (Å²) in [5, 5.41) is 14.1. The van der Waals surface area contributed by atoms with Crippen LogP contribution >= 0.6 is 27.3 Å². The van der Waals surface area contributed by atoms with Crippen molar-refractivity contribution in [2.24, 2.45) is 0 Å². The van der Waals surface area contributed by atoms with Crippen LogP contribution in [0.1, 0.15) is 15.2 Å². The second kappa shape index (κ2) is 5.41. The van der Waals surface area contributed by atoms with Crippen LogP contribution in [0.5, 0.6) is 0 Å². The van der Waals surface area contributed by atoms with Crippen molar-refractivity contribution in [1.29, 1.82) is 0 Å². The third kappa shape index (κ3) is 2.83. The average Bonchev–Trinajstić information content (AvgIpc) is 2.73. The third-order valence-electron chi connectivity index (χ3n) is 2.43. The molecule has 0 amide bonds. The predicted octanol–water partition coefficient (Wildman–Crippen LogP) is 3.40. The van der Waals surface area contributed by atoms with Crippen molar-refractivity contribution in [2.75, 3.05) is 11.1 Å². The quantitative estimate of drug-likeness (QED) is 0.752. The third-order valence-corrected chi connectivity index (χ3v) is 4.35. The molecular weight excluding hydrogens is 316 g/mol. The van der Waals surface area contributed by atoms with Crippen LogP contribution in [0.4, 0.5) is 11.4 Å². The number of carbonyl (C=O) groups is 1. The van der Waals surface area contributed by atoms with E-state index in [1.54, 1.807) is 29.5 Å². The molecule has 0 unspecified atom stereocenters.